The number of methoxy groups -OCH3 is 5. The van der Waals surface area contributed by atoms with E-state index >= 15 is 0 Å². The third-order valence-electron chi connectivity index (χ3n) is 5.93. The van der Waals surface area contributed by atoms with Crippen molar-refractivity contribution in [2.45, 2.75) is 18.9 Å². The Hall–Kier alpha value is -3.13. The second kappa shape index (κ2) is 10.5. The third kappa shape index (κ3) is 4.55. The zero-order valence-electron chi connectivity index (χ0n) is 19.2. The van der Waals surface area contributed by atoms with E-state index in [1.54, 1.807) is 35.5 Å². The van der Waals surface area contributed by atoms with E-state index in [9.17, 15) is 9.90 Å². The fraction of sp³-hybridized carbons (Fsp3) is 0.458. The van der Waals surface area contributed by atoms with Crippen molar-refractivity contribution in [1.29, 1.82) is 0 Å². The molecule has 1 N–H and O–H groups in total. The minimum atomic E-state index is -0.783. The van der Waals surface area contributed by atoms with Crippen LogP contribution in [0.3, 0.4) is 0 Å². The molecule has 0 aromatic heterocycles. The molecule has 0 saturated carbocycles. The van der Waals surface area contributed by atoms with Gasteiger partial charge in [-0.05, 0) is 43.7 Å². The number of ether oxygens (including phenoxy) is 5. The number of carbonyl (C=O) groups is 1. The molecular formula is C24H31NO7. The first-order chi connectivity index (χ1) is 15.5. The second-order valence-electron chi connectivity index (χ2n) is 7.61. The second-order valence-corrected chi connectivity index (χ2v) is 7.61. The Bertz CT molecular complexity index is 946. The van der Waals surface area contributed by atoms with Crippen LogP contribution < -0.4 is 23.7 Å². The Labute approximate surface area is 188 Å². The van der Waals surface area contributed by atoms with Crippen molar-refractivity contribution in [2.24, 2.45) is 5.92 Å². The molecule has 0 bridgehead atoms. The first kappa shape index (κ1) is 23.5. The van der Waals surface area contributed by atoms with Crippen LogP contribution in [0.5, 0.6) is 28.7 Å². The number of likely N-dealkylation sites (tertiary alicyclic amines) is 1. The molecule has 2 aromatic carbocycles. The number of aliphatic carboxylic acids is 1. The Morgan fingerprint density at radius 3 is 2.19 bits per heavy atom. The van der Waals surface area contributed by atoms with Gasteiger partial charge < -0.3 is 28.8 Å². The lowest BCUT2D eigenvalue weighted by Crippen LogP contribution is -2.41. The maximum atomic E-state index is 11.8. The number of carboxylic acids is 1. The van der Waals surface area contributed by atoms with Crippen molar-refractivity contribution in [3.63, 3.8) is 0 Å². The van der Waals surface area contributed by atoms with Crippen LogP contribution in [0.15, 0.2) is 30.3 Å². The summed E-state index contributed by atoms with van der Waals surface area (Å²) >= 11 is 0. The molecule has 0 amide bonds. The number of piperidine rings is 1. The summed E-state index contributed by atoms with van der Waals surface area (Å²) in [5.41, 5.74) is 1.71. The van der Waals surface area contributed by atoms with Gasteiger partial charge in [0.2, 0.25) is 5.75 Å². The molecule has 1 fully saturated rings. The Kier molecular flexibility index (Phi) is 7.69. The first-order valence-corrected chi connectivity index (χ1v) is 10.5. The fourth-order valence-corrected chi connectivity index (χ4v) is 4.39. The molecule has 0 spiro atoms. The predicted molar refractivity (Wildman–Crippen MR) is 119 cm³/mol. The normalized spacial score (nSPS) is 17.3. The van der Waals surface area contributed by atoms with Gasteiger partial charge in [0.25, 0.3) is 0 Å². The van der Waals surface area contributed by atoms with Crippen LogP contribution >= 0.6 is 0 Å². The summed E-state index contributed by atoms with van der Waals surface area (Å²) < 4.78 is 27.9. The summed E-state index contributed by atoms with van der Waals surface area (Å²) in [6.07, 6.45) is 1.43. The van der Waals surface area contributed by atoms with Crippen LogP contribution in [0, 0.1) is 5.92 Å². The van der Waals surface area contributed by atoms with Crippen molar-refractivity contribution < 1.29 is 33.6 Å². The Morgan fingerprint density at radius 2 is 1.59 bits per heavy atom. The minimum absolute atomic E-state index is 0.326. The van der Waals surface area contributed by atoms with Gasteiger partial charge in [0.05, 0.1) is 47.5 Å². The van der Waals surface area contributed by atoms with Gasteiger partial charge >= 0.3 is 5.97 Å². The molecule has 8 heteroatoms. The molecule has 174 valence electrons. The molecule has 1 aliphatic heterocycles. The maximum absolute atomic E-state index is 11.8. The molecule has 2 unspecified atom stereocenters. The van der Waals surface area contributed by atoms with Gasteiger partial charge in [0.15, 0.2) is 11.5 Å². The average Bonchev–Trinajstić information content (AvgIpc) is 2.83. The van der Waals surface area contributed by atoms with Crippen molar-refractivity contribution in [3.8, 4) is 28.7 Å². The zero-order valence-corrected chi connectivity index (χ0v) is 19.2. The van der Waals surface area contributed by atoms with Crippen LogP contribution in [-0.2, 0) is 4.79 Å². The van der Waals surface area contributed by atoms with Gasteiger partial charge in [0.1, 0.15) is 11.5 Å². The van der Waals surface area contributed by atoms with Gasteiger partial charge in [-0.1, -0.05) is 0 Å². The van der Waals surface area contributed by atoms with Gasteiger partial charge in [0, 0.05) is 23.7 Å². The summed E-state index contributed by atoms with van der Waals surface area (Å²) in [6.45, 7) is 1.15. The summed E-state index contributed by atoms with van der Waals surface area (Å²) in [4.78, 5) is 13.9. The standard InChI is InChI=1S/C24H31NO7/c1-28-16-8-9-17(20(13-16)30-3)21(25-12-6-7-15(14-25)24(26)27)18-10-11-19(29-2)23(32-5)22(18)31-4/h8-11,13,15,21H,6-7,12,14H2,1-5H3,(H,26,27). The predicted octanol–water partition coefficient (Wildman–Crippen LogP) is 3.62. The zero-order chi connectivity index (χ0) is 23.3. The third-order valence-corrected chi connectivity index (χ3v) is 5.93. The van der Waals surface area contributed by atoms with Crippen LogP contribution in [0.2, 0.25) is 0 Å². The molecule has 1 heterocycles. The van der Waals surface area contributed by atoms with Crippen molar-refractivity contribution in [3.05, 3.63) is 41.5 Å². The molecule has 0 radical (unpaired) electrons. The highest BCUT2D eigenvalue weighted by molar-refractivity contribution is 5.70. The van der Waals surface area contributed by atoms with E-state index in [-0.39, 0.29) is 6.04 Å². The van der Waals surface area contributed by atoms with E-state index in [0.29, 0.717) is 41.7 Å². The molecule has 2 aromatic rings. The van der Waals surface area contributed by atoms with E-state index in [4.69, 9.17) is 23.7 Å². The first-order valence-electron chi connectivity index (χ1n) is 10.5. The molecule has 1 aliphatic rings. The monoisotopic (exact) mass is 445 g/mol. The number of carboxylic acid groups (broad SMARTS) is 1. The highest BCUT2D eigenvalue weighted by Gasteiger charge is 2.35. The maximum Gasteiger partial charge on any atom is 0.307 e. The van der Waals surface area contributed by atoms with Gasteiger partial charge in [-0.15, -0.1) is 0 Å². The lowest BCUT2D eigenvalue weighted by molar-refractivity contribution is -0.143. The van der Waals surface area contributed by atoms with E-state index in [0.717, 1.165) is 24.1 Å². The molecule has 32 heavy (non-hydrogen) atoms. The van der Waals surface area contributed by atoms with E-state index < -0.39 is 11.9 Å². The minimum Gasteiger partial charge on any atom is -0.497 e. The van der Waals surface area contributed by atoms with Gasteiger partial charge in [-0.25, -0.2) is 0 Å². The molecule has 3 rings (SSSR count). The SMILES string of the molecule is COc1ccc(C(c2ccc(OC)c(OC)c2OC)N2CCCC(C(=O)O)C2)c(OC)c1. The number of hydrogen-bond acceptors (Lipinski definition) is 7. The van der Waals surface area contributed by atoms with Crippen LogP contribution in [-0.4, -0.2) is 64.6 Å². The highest BCUT2D eigenvalue weighted by atomic mass is 16.5. The fourth-order valence-electron chi connectivity index (χ4n) is 4.39. The lowest BCUT2D eigenvalue weighted by Gasteiger charge is -2.38. The van der Waals surface area contributed by atoms with Gasteiger partial charge in [-0.2, -0.15) is 0 Å². The van der Waals surface area contributed by atoms with Crippen LogP contribution in [0.4, 0.5) is 0 Å². The van der Waals surface area contributed by atoms with Crippen molar-refractivity contribution in [1.82, 2.24) is 4.90 Å². The largest absolute Gasteiger partial charge is 0.497 e. The summed E-state index contributed by atoms with van der Waals surface area (Å²) in [6, 6.07) is 9.08. The molecular weight excluding hydrogens is 414 g/mol. The van der Waals surface area contributed by atoms with Crippen molar-refractivity contribution in [2.75, 3.05) is 48.6 Å². The number of hydrogen-bond donors (Lipinski definition) is 1. The van der Waals surface area contributed by atoms with Crippen molar-refractivity contribution >= 4 is 5.97 Å². The van der Waals surface area contributed by atoms with Gasteiger partial charge in [-0.3, -0.25) is 9.69 Å². The Morgan fingerprint density at radius 1 is 0.906 bits per heavy atom. The summed E-state index contributed by atoms with van der Waals surface area (Å²) in [5.74, 6) is 1.66. The quantitative estimate of drug-likeness (QED) is 0.626. The van der Waals surface area contributed by atoms with Crippen LogP contribution in [0.1, 0.15) is 30.0 Å². The molecule has 2 atom stereocenters. The highest BCUT2D eigenvalue weighted by Crippen LogP contribution is 2.47. The average molecular weight is 446 g/mol. The van der Waals surface area contributed by atoms with E-state index in [1.807, 2.05) is 30.3 Å². The molecule has 1 saturated heterocycles. The summed E-state index contributed by atoms with van der Waals surface area (Å²) in [7, 11) is 7.93. The lowest BCUT2D eigenvalue weighted by atomic mass is 9.90. The molecule has 0 aliphatic carbocycles. The van der Waals surface area contributed by atoms with E-state index in [1.165, 1.54) is 0 Å². The topological polar surface area (TPSA) is 86.7 Å². The number of nitrogens with zero attached hydrogens (tertiary/aromatic N) is 1. The van der Waals surface area contributed by atoms with E-state index in [2.05, 4.69) is 4.90 Å². The number of benzene rings is 2. The smallest absolute Gasteiger partial charge is 0.307 e. The Balaban J connectivity index is 2.22. The number of rotatable bonds is 9. The summed E-state index contributed by atoms with van der Waals surface area (Å²) in [5, 5.41) is 9.67. The van der Waals surface area contributed by atoms with Crippen LogP contribution in [0.25, 0.3) is 0 Å². The molecule has 8 nitrogen and oxygen atoms in total.